The summed E-state index contributed by atoms with van der Waals surface area (Å²) in [4.78, 5) is 12.7. The Morgan fingerprint density at radius 3 is 3.00 bits per heavy atom. The zero-order chi connectivity index (χ0) is 14.8. The summed E-state index contributed by atoms with van der Waals surface area (Å²) in [6, 6.07) is 7.95. The van der Waals surface area contributed by atoms with Gasteiger partial charge in [0, 0.05) is 11.6 Å². The van der Waals surface area contributed by atoms with E-state index in [1.165, 1.54) is 11.3 Å². The van der Waals surface area contributed by atoms with Gasteiger partial charge in [-0.1, -0.05) is 17.7 Å². The number of hydrogen-bond acceptors (Lipinski definition) is 3. The number of benzene rings is 1. The third-order valence-electron chi connectivity index (χ3n) is 3.27. The molecule has 0 saturated heterocycles. The van der Waals surface area contributed by atoms with Crippen LogP contribution in [0.3, 0.4) is 0 Å². The monoisotopic (exact) mass is 321 g/mol. The molecule has 1 aliphatic rings. The van der Waals surface area contributed by atoms with Crippen molar-refractivity contribution in [3.63, 3.8) is 0 Å². The molecule has 21 heavy (non-hydrogen) atoms. The van der Waals surface area contributed by atoms with Gasteiger partial charge in [-0.05, 0) is 48.9 Å². The van der Waals surface area contributed by atoms with Gasteiger partial charge < -0.3 is 10.1 Å². The molecule has 110 valence electrons. The number of carbonyl (C=O) groups excluding carboxylic acids is 1. The Labute approximate surface area is 132 Å². The van der Waals surface area contributed by atoms with Crippen molar-refractivity contribution in [1.29, 1.82) is 0 Å². The summed E-state index contributed by atoms with van der Waals surface area (Å²) in [5, 5.41) is 5.53. The van der Waals surface area contributed by atoms with Crippen LogP contribution < -0.4 is 10.1 Å². The number of ether oxygens (including phenoxy) is 1. The average Bonchev–Trinajstić information content (AvgIpc) is 3.14. The summed E-state index contributed by atoms with van der Waals surface area (Å²) in [7, 11) is 0. The van der Waals surface area contributed by atoms with Crippen LogP contribution in [0.1, 0.15) is 33.6 Å². The molecule has 5 heteroatoms. The second-order valence-corrected chi connectivity index (χ2v) is 6.61. The molecule has 1 aromatic carbocycles. The van der Waals surface area contributed by atoms with Crippen LogP contribution in [-0.4, -0.2) is 11.9 Å². The Hall–Kier alpha value is -1.52. The number of rotatable bonds is 5. The summed E-state index contributed by atoms with van der Waals surface area (Å²) < 4.78 is 5.73. The van der Waals surface area contributed by atoms with Gasteiger partial charge in [-0.3, -0.25) is 4.79 Å². The molecule has 0 spiro atoms. The maximum Gasteiger partial charge on any atom is 0.261 e. The Balaban J connectivity index is 1.61. The summed E-state index contributed by atoms with van der Waals surface area (Å²) in [5.74, 6) is 0.689. The van der Waals surface area contributed by atoms with Gasteiger partial charge in [-0.25, -0.2) is 0 Å². The van der Waals surface area contributed by atoms with E-state index in [4.69, 9.17) is 16.3 Å². The van der Waals surface area contributed by atoms with Crippen molar-refractivity contribution in [2.75, 3.05) is 0 Å². The van der Waals surface area contributed by atoms with E-state index in [2.05, 4.69) is 5.32 Å². The second-order valence-electron chi connectivity index (χ2n) is 5.29. The van der Waals surface area contributed by atoms with Crippen molar-refractivity contribution in [3.8, 4) is 5.75 Å². The molecule has 1 N–H and O–H groups in total. The maximum atomic E-state index is 11.9. The standard InChI is InChI=1S/C16H16ClNO2S/c1-10-2-5-13(17)14(6-10)20-8-11-7-15(21-9-11)16(19)18-12-3-4-12/h2,5-7,9,12H,3-4,8H2,1H3,(H,18,19). The number of nitrogens with one attached hydrogen (secondary N) is 1. The minimum atomic E-state index is 0.0161. The molecule has 0 bridgehead atoms. The molecule has 0 radical (unpaired) electrons. The molecule has 1 fully saturated rings. The van der Waals surface area contributed by atoms with Crippen molar-refractivity contribution in [1.82, 2.24) is 5.32 Å². The van der Waals surface area contributed by atoms with Gasteiger partial charge in [-0.15, -0.1) is 11.3 Å². The van der Waals surface area contributed by atoms with Gasteiger partial charge in [0.2, 0.25) is 0 Å². The first-order chi connectivity index (χ1) is 10.1. The van der Waals surface area contributed by atoms with Crippen LogP contribution in [0.25, 0.3) is 0 Å². The van der Waals surface area contributed by atoms with Crippen molar-refractivity contribution in [2.24, 2.45) is 0 Å². The van der Waals surface area contributed by atoms with E-state index in [0.29, 0.717) is 23.4 Å². The van der Waals surface area contributed by atoms with Crippen LogP contribution >= 0.6 is 22.9 Å². The number of amides is 1. The van der Waals surface area contributed by atoms with Gasteiger partial charge in [0.25, 0.3) is 5.91 Å². The number of thiophene rings is 1. The van der Waals surface area contributed by atoms with Crippen molar-refractivity contribution in [3.05, 3.63) is 50.7 Å². The third kappa shape index (κ3) is 3.77. The first-order valence-corrected chi connectivity index (χ1v) is 8.15. The maximum absolute atomic E-state index is 11.9. The fourth-order valence-electron chi connectivity index (χ4n) is 1.94. The van der Waals surface area contributed by atoms with Crippen LogP contribution in [0.15, 0.2) is 29.6 Å². The van der Waals surface area contributed by atoms with E-state index in [9.17, 15) is 4.79 Å². The second kappa shape index (κ2) is 6.08. The molecule has 0 aliphatic heterocycles. The highest BCUT2D eigenvalue weighted by Gasteiger charge is 2.24. The van der Waals surface area contributed by atoms with E-state index in [0.717, 1.165) is 28.8 Å². The van der Waals surface area contributed by atoms with Crippen LogP contribution in [-0.2, 0) is 6.61 Å². The third-order valence-corrected chi connectivity index (χ3v) is 4.56. The van der Waals surface area contributed by atoms with Crippen molar-refractivity contribution >= 4 is 28.8 Å². The van der Waals surface area contributed by atoms with E-state index in [1.807, 2.05) is 36.6 Å². The molecule has 0 atom stereocenters. The molecule has 1 aliphatic carbocycles. The lowest BCUT2D eigenvalue weighted by atomic mass is 10.2. The lowest BCUT2D eigenvalue weighted by molar-refractivity contribution is 0.0955. The number of carbonyl (C=O) groups is 1. The molecular weight excluding hydrogens is 306 g/mol. The first-order valence-electron chi connectivity index (χ1n) is 6.89. The van der Waals surface area contributed by atoms with E-state index in [1.54, 1.807) is 0 Å². The molecule has 1 heterocycles. The van der Waals surface area contributed by atoms with E-state index in [-0.39, 0.29) is 5.91 Å². The lowest BCUT2D eigenvalue weighted by Crippen LogP contribution is -2.24. The molecule has 3 nitrogen and oxygen atoms in total. The number of hydrogen-bond donors (Lipinski definition) is 1. The highest BCUT2D eigenvalue weighted by atomic mass is 35.5. The van der Waals surface area contributed by atoms with Crippen LogP contribution in [0.5, 0.6) is 5.75 Å². The molecule has 1 aromatic heterocycles. The predicted octanol–water partition coefficient (Wildman–Crippen LogP) is 4.18. The number of halogens is 1. The average molecular weight is 322 g/mol. The summed E-state index contributed by atoms with van der Waals surface area (Å²) in [6.07, 6.45) is 2.19. The SMILES string of the molecule is Cc1ccc(Cl)c(OCc2csc(C(=O)NC3CC3)c2)c1. The highest BCUT2D eigenvalue weighted by Crippen LogP contribution is 2.27. The van der Waals surface area contributed by atoms with Crippen LogP contribution in [0.2, 0.25) is 5.02 Å². The fourth-order valence-corrected chi connectivity index (χ4v) is 2.91. The van der Waals surface area contributed by atoms with Gasteiger partial charge in [-0.2, -0.15) is 0 Å². The molecule has 1 saturated carbocycles. The number of aryl methyl sites for hydroxylation is 1. The summed E-state index contributed by atoms with van der Waals surface area (Å²) >= 11 is 7.54. The zero-order valence-corrected chi connectivity index (χ0v) is 13.3. The Bertz CT molecular complexity index is 664. The first kappa shape index (κ1) is 14.4. The van der Waals surface area contributed by atoms with Crippen LogP contribution in [0, 0.1) is 6.92 Å². The smallest absolute Gasteiger partial charge is 0.261 e. The molecule has 1 amide bonds. The largest absolute Gasteiger partial charge is 0.487 e. The summed E-state index contributed by atoms with van der Waals surface area (Å²) in [6.45, 7) is 2.41. The zero-order valence-electron chi connectivity index (χ0n) is 11.7. The Morgan fingerprint density at radius 2 is 2.24 bits per heavy atom. The molecule has 0 unspecified atom stereocenters. The molecule has 3 rings (SSSR count). The molecule has 2 aromatic rings. The predicted molar refractivity (Wildman–Crippen MR) is 85.3 cm³/mol. The minimum Gasteiger partial charge on any atom is -0.487 e. The minimum absolute atomic E-state index is 0.0161. The van der Waals surface area contributed by atoms with E-state index >= 15 is 0 Å². The van der Waals surface area contributed by atoms with Gasteiger partial charge in [0.1, 0.15) is 12.4 Å². The topological polar surface area (TPSA) is 38.3 Å². The highest BCUT2D eigenvalue weighted by molar-refractivity contribution is 7.12. The fraction of sp³-hybridized carbons (Fsp3) is 0.312. The summed E-state index contributed by atoms with van der Waals surface area (Å²) in [5.41, 5.74) is 2.09. The van der Waals surface area contributed by atoms with E-state index < -0.39 is 0 Å². The van der Waals surface area contributed by atoms with Crippen molar-refractivity contribution in [2.45, 2.75) is 32.4 Å². The lowest BCUT2D eigenvalue weighted by Gasteiger charge is -2.07. The van der Waals surface area contributed by atoms with Crippen molar-refractivity contribution < 1.29 is 9.53 Å². The Morgan fingerprint density at radius 1 is 1.43 bits per heavy atom. The van der Waals surface area contributed by atoms with Gasteiger partial charge in [0.15, 0.2) is 0 Å². The van der Waals surface area contributed by atoms with Gasteiger partial charge in [0.05, 0.1) is 9.90 Å². The Kier molecular flexibility index (Phi) is 4.17. The van der Waals surface area contributed by atoms with Crippen LogP contribution in [0.4, 0.5) is 0 Å². The van der Waals surface area contributed by atoms with Gasteiger partial charge >= 0.3 is 0 Å². The normalized spacial score (nSPS) is 14.0. The quantitative estimate of drug-likeness (QED) is 0.897. The molecular formula is C16H16ClNO2S.